The molecule has 3 fully saturated rings. The number of nitrogens with zero attached hydrogens (tertiary/aromatic N) is 2. The molecule has 3 aliphatic heterocycles. The average Bonchev–Trinajstić information content (AvgIpc) is 2.27. The van der Waals surface area contributed by atoms with Gasteiger partial charge in [-0.15, -0.1) is 0 Å². The highest BCUT2D eigenvalue weighted by Crippen LogP contribution is 2.19. The highest BCUT2D eigenvalue weighted by Gasteiger charge is 2.35. The number of rotatable bonds is 3. The topological polar surface area (TPSA) is 18.5 Å². The van der Waals surface area contributed by atoms with Crippen molar-refractivity contribution in [1.82, 2.24) is 15.1 Å². The van der Waals surface area contributed by atoms with Crippen LogP contribution in [0.3, 0.4) is 0 Å². The quantitative estimate of drug-likeness (QED) is 0.685. The first-order valence-electron chi connectivity index (χ1n) is 5.99. The summed E-state index contributed by atoms with van der Waals surface area (Å²) in [6.45, 7) is 10.6. The largest absolute Gasteiger partial charge is 0.312 e. The highest BCUT2D eigenvalue weighted by atomic mass is 15.4. The van der Waals surface area contributed by atoms with E-state index in [1.165, 1.54) is 38.3 Å². The molecule has 3 heterocycles. The zero-order valence-corrected chi connectivity index (χ0v) is 10.2. The molecular formula is C12H23N3. The zero-order chi connectivity index (χ0) is 10.8. The lowest BCUT2D eigenvalue weighted by Gasteiger charge is -2.49. The van der Waals surface area contributed by atoms with Gasteiger partial charge in [0.1, 0.15) is 0 Å². The van der Waals surface area contributed by atoms with Gasteiger partial charge in [0.15, 0.2) is 0 Å². The fraction of sp³-hybridized carbons (Fsp3) is 0.833. The Labute approximate surface area is 93.1 Å². The average molecular weight is 209 g/mol. The van der Waals surface area contributed by atoms with Gasteiger partial charge in [-0.1, -0.05) is 11.6 Å². The van der Waals surface area contributed by atoms with Crippen LogP contribution in [0, 0.1) is 0 Å². The number of hydrogen-bond donors (Lipinski definition) is 1. The van der Waals surface area contributed by atoms with Crippen molar-refractivity contribution >= 4 is 0 Å². The van der Waals surface area contributed by atoms with Crippen molar-refractivity contribution in [2.45, 2.75) is 25.9 Å². The van der Waals surface area contributed by atoms with Gasteiger partial charge in [-0.3, -0.25) is 9.80 Å². The Hall–Kier alpha value is -0.380. The monoisotopic (exact) mass is 209 g/mol. The maximum atomic E-state index is 3.44. The molecule has 0 saturated carbocycles. The lowest BCUT2D eigenvalue weighted by molar-refractivity contribution is 0.00453. The van der Waals surface area contributed by atoms with Gasteiger partial charge in [0.25, 0.3) is 0 Å². The number of hydrogen-bond acceptors (Lipinski definition) is 3. The van der Waals surface area contributed by atoms with Crippen LogP contribution in [0.25, 0.3) is 0 Å². The summed E-state index contributed by atoms with van der Waals surface area (Å²) in [7, 11) is 2.07. The van der Waals surface area contributed by atoms with Crippen LogP contribution in [0.2, 0.25) is 0 Å². The third kappa shape index (κ3) is 2.41. The molecule has 0 aromatic carbocycles. The molecule has 3 aliphatic rings. The second-order valence-electron chi connectivity index (χ2n) is 4.96. The molecule has 2 unspecified atom stereocenters. The van der Waals surface area contributed by atoms with Crippen LogP contribution in [0.1, 0.15) is 13.8 Å². The summed E-state index contributed by atoms with van der Waals surface area (Å²) < 4.78 is 0. The molecule has 0 aliphatic carbocycles. The standard InChI is InChI=1S/C12H23N3/c1-10(2)8-11(13-3)12-9-14-4-6-15(12)7-5-14/h8,11-13H,4-7,9H2,1-3H3. The zero-order valence-electron chi connectivity index (χ0n) is 10.2. The van der Waals surface area contributed by atoms with Gasteiger partial charge >= 0.3 is 0 Å². The van der Waals surface area contributed by atoms with Crippen LogP contribution >= 0.6 is 0 Å². The number of nitrogens with one attached hydrogen (secondary N) is 1. The van der Waals surface area contributed by atoms with Crippen LogP contribution in [-0.4, -0.2) is 61.7 Å². The molecule has 2 bridgehead atoms. The molecule has 2 atom stereocenters. The summed E-state index contributed by atoms with van der Waals surface area (Å²) in [5.41, 5.74) is 1.41. The Balaban J connectivity index is 2.05. The molecular weight excluding hydrogens is 186 g/mol. The first kappa shape index (κ1) is 11.1. The van der Waals surface area contributed by atoms with Gasteiger partial charge in [-0.2, -0.15) is 0 Å². The summed E-state index contributed by atoms with van der Waals surface area (Å²) in [4.78, 5) is 5.23. The summed E-state index contributed by atoms with van der Waals surface area (Å²) >= 11 is 0. The van der Waals surface area contributed by atoms with E-state index in [0.29, 0.717) is 12.1 Å². The predicted molar refractivity (Wildman–Crippen MR) is 64.1 cm³/mol. The lowest BCUT2D eigenvalue weighted by Crippen LogP contribution is -2.65. The first-order chi connectivity index (χ1) is 7.20. The second-order valence-corrected chi connectivity index (χ2v) is 4.96. The molecule has 0 aromatic heterocycles. The highest BCUT2D eigenvalue weighted by molar-refractivity contribution is 5.08. The van der Waals surface area contributed by atoms with E-state index in [1.54, 1.807) is 0 Å². The van der Waals surface area contributed by atoms with E-state index in [2.05, 4.69) is 42.1 Å². The molecule has 1 N–H and O–H groups in total. The summed E-state index contributed by atoms with van der Waals surface area (Å²) in [6, 6.07) is 1.19. The van der Waals surface area contributed by atoms with Gasteiger partial charge in [0.05, 0.1) is 0 Å². The molecule has 3 saturated heterocycles. The fourth-order valence-electron chi connectivity index (χ4n) is 2.74. The third-order valence-corrected chi connectivity index (χ3v) is 3.58. The molecule has 86 valence electrons. The van der Waals surface area contributed by atoms with Gasteiger partial charge < -0.3 is 5.32 Å². The molecule has 0 amide bonds. The Morgan fingerprint density at radius 3 is 2.33 bits per heavy atom. The van der Waals surface area contributed by atoms with E-state index < -0.39 is 0 Å². The summed E-state index contributed by atoms with van der Waals surface area (Å²) in [5.74, 6) is 0. The van der Waals surface area contributed by atoms with Crippen molar-refractivity contribution < 1.29 is 0 Å². The molecule has 3 nitrogen and oxygen atoms in total. The molecule has 0 spiro atoms. The Kier molecular flexibility index (Phi) is 3.44. The minimum atomic E-state index is 0.512. The van der Waals surface area contributed by atoms with Crippen LogP contribution < -0.4 is 5.32 Å². The van der Waals surface area contributed by atoms with Crippen molar-refractivity contribution in [3.63, 3.8) is 0 Å². The maximum absolute atomic E-state index is 3.44. The van der Waals surface area contributed by atoms with Gasteiger partial charge in [-0.25, -0.2) is 0 Å². The maximum Gasteiger partial charge on any atom is 0.0420 e. The lowest BCUT2D eigenvalue weighted by atomic mass is 9.98. The molecule has 3 heteroatoms. The Morgan fingerprint density at radius 1 is 1.27 bits per heavy atom. The molecule has 0 radical (unpaired) electrons. The SMILES string of the molecule is CNC(C=C(C)C)C1CN2CCN1CC2. The number of piperazine rings is 3. The summed E-state index contributed by atoms with van der Waals surface area (Å²) in [6.07, 6.45) is 2.37. The van der Waals surface area contributed by atoms with E-state index in [-0.39, 0.29) is 0 Å². The third-order valence-electron chi connectivity index (χ3n) is 3.58. The van der Waals surface area contributed by atoms with Gasteiger partial charge in [0, 0.05) is 44.8 Å². The van der Waals surface area contributed by atoms with E-state index in [1.807, 2.05) is 0 Å². The second kappa shape index (κ2) is 4.64. The van der Waals surface area contributed by atoms with Crippen molar-refractivity contribution in [3.05, 3.63) is 11.6 Å². The predicted octanol–water partition coefficient (Wildman–Crippen LogP) is 0.540. The van der Waals surface area contributed by atoms with Crippen molar-refractivity contribution in [3.8, 4) is 0 Å². The van der Waals surface area contributed by atoms with Crippen LogP contribution in [0.4, 0.5) is 0 Å². The smallest absolute Gasteiger partial charge is 0.0420 e. The van der Waals surface area contributed by atoms with Crippen molar-refractivity contribution in [1.29, 1.82) is 0 Å². The van der Waals surface area contributed by atoms with Crippen molar-refractivity contribution in [2.75, 3.05) is 39.8 Å². The van der Waals surface area contributed by atoms with E-state index in [4.69, 9.17) is 0 Å². The number of allylic oxidation sites excluding steroid dienone is 1. The van der Waals surface area contributed by atoms with Crippen LogP contribution in [-0.2, 0) is 0 Å². The minimum Gasteiger partial charge on any atom is -0.312 e. The summed E-state index contributed by atoms with van der Waals surface area (Å²) in [5, 5.41) is 3.44. The van der Waals surface area contributed by atoms with Crippen molar-refractivity contribution in [2.24, 2.45) is 0 Å². The fourth-order valence-corrected chi connectivity index (χ4v) is 2.74. The van der Waals surface area contributed by atoms with Gasteiger partial charge in [0.2, 0.25) is 0 Å². The minimum absolute atomic E-state index is 0.512. The van der Waals surface area contributed by atoms with Gasteiger partial charge in [-0.05, 0) is 20.9 Å². The normalized spacial score (nSPS) is 36.3. The Bertz CT molecular complexity index is 237. The van der Waals surface area contributed by atoms with E-state index >= 15 is 0 Å². The number of fused-ring (bicyclic) bond motifs is 3. The number of likely N-dealkylation sites (N-methyl/N-ethyl adjacent to an activating group) is 1. The van der Waals surface area contributed by atoms with Crippen LogP contribution in [0.15, 0.2) is 11.6 Å². The van der Waals surface area contributed by atoms with Crippen LogP contribution in [0.5, 0.6) is 0 Å². The Morgan fingerprint density at radius 2 is 1.93 bits per heavy atom. The molecule has 15 heavy (non-hydrogen) atoms. The molecule has 3 rings (SSSR count). The first-order valence-corrected chi connectivity index (χ1v) is 5.99. The van der Waals surface area contributed by atoms with E-state index in [0.717, 1.165) is 0 Å². The molecule has 0 aromatic rings. The van der Waals surface area contributed by atoms with E-state index in [9.17, 15) is 0 Å².